The van der Waals surface area contributed by atoms with E-state index in [9.17, 15) is 18.0 Å². The lowest BCUT2D eigenvalue weighted by Crippen LogP contribution is -2.27. The van der Waals surface area contributed by atoms with Gasteiger partial charge in [-0.05, 0) is 35.9 Å². The van der Waals surface area contributed by atoms with Crippen LogP contribution in [-0.2, 0) is 6.54 Å². The number of benzene rings is 2. The highest BCUT2D eigenvalue weighted by Gasteiger charge is 2.33. The van der Waals surface area contributed by atoms with Crippen LogP contribution in [0.15, 0.2) is 51.7 Å². The van der Waals surface area contributed by atoms with Crippen LogP contribution in [-0.4, -0.2) is 23.3 Å². The van der Waals surface area contributed by atoms with Crippen LogP contribution in [0, 0.1) is 0 Å². The smallest absolute Gasteiger partial charge is 0.497 e. The van der Waals surface area contributed by atoms with Crippen LogP contribution in [0.5, 0.6) is 11.6 Å². The zero-order valence-corrected chi connectivity index (χ0v) is 15.0. The lowest BCUT2D eigenvalue weighted by atomic mass is 10.2. The summed E-state index contributed by atoms with van der Waals surface area (Å²) in [7, 11) is 1.52. The fourth-order valence-corrected chi connectivity index (χ4v) is 2.78. The van der Waals surface area contributed by atoms with Crippen molar-refractivity contribution in [3.63, 3.8) is 0 Å². The summed E-state index contributed by atoms with van der Waals surface area (Å²) in [4.78, 5) is 12.6. The molecular formula is C17H12BrF3N2O3. The van der Waals surface area contributed by atoms with E-state index in [0.717, 1.165) is 4.68 Å². The summed E-state index contributed by atoms with van der Waals surface area (Å²) < 4.78 is 48.7. The van der Waals surface area contributed by atoms with Crippen LogP contribution in [0.25, 0.3) is 10.8 Å². The van der Waals surface area contributed by atoms with E-state index in [0.29, 0.717) is 15.8 Å². The fraction of sp³-hybridized carbons (Fsp3) is 0.176. The molecule has 0 spiro atoms. The van der Waals surface area contributed by atoms with Crippen molar-refractivity contribution in [2.75, 3.05) is 7.11 Å². The monoisotopic (exact) mass is 428 g/mol. The molecule has 0 fully saturated rings. The van der Waals surface area contributed by atoms with Gasteiger partial charge >= 0.3 is 6.36 Å². The molecule has 136 valence electrons. The van der Waals surface area contributed by atoms with Crippen molar-refractivity contribution in [1.82, 2.24) is 9.78 Å². The van der Waals surface area contributed by atoms with E-state index in [1.165, 1.54) is 19.2 Å². The summed E-state index contributed by atoms with van der Waals surface area (Å²) in [6.07, 6.45) is -4.93. The Bertz CT molecular complexity index is 1000. The number of methoxy groups -OCH3 is 1. The van der Waals surface area contributed by atoms with Crippen molar-refractivity contribution < 1.29 is 22.6 Å². The second kappa shape index (κ2) is 6.99. The van der Waals surface area contributed by atoms with Gasteiger partial charge in [-0.3, -0.25) is 4.79 Å². The third kappa shape index (κ3) is 3.98. The van der Waals surface area contributed by atoms with Crippen molar-refractivity contribution >= 4 is 26.7 Å². The molecule has 0 saturated heterocycles. The minimum atomic E-state index is -4.93. The van der Waals surface area contributed by atoms with E-state index in [1.807, 2.05) is 0 Å². The standard InChI is InChI=1S/C17H12BrF3N2O3/c1-25-12-5-2-10(3-6-12)9-23-16(24)13-7-4-11(18)8-14(13)15(22-23)26-17(19,20)21/h2-8H,9H2,1H3. The number of rotatable bonds is 4. The average Bonchev–Trinajstić information content (AvgIpc) is 2.58. The number of halogens is 4. The predicted molar refractivity (Wildman–Crippen MR) is 92.5 cm³/mol. The summed E-state index contributed by atoms with van der Waals surface area (Å²) in [5.41, 5.74) is 0.160. The van der Waals surface area contributed by atoms with Crippen LogP contribution in [0.3, 0.4) is 0 Å². The minimum absolute atomic E-state index is 0.0109. The van der Waals surface area contributed by atoms with Gasteiger partial charge in [0.25, 0.3) is 5.56 Å². The Morgan fingerprint density at radius 3 is 2.42 bits per heavy atom. The van der Waals surface area contributed by atoms with Crippen LogP contribution in [0.2, 0.25) is 0 Å². The molecule has 0 unspecified atom stereocenters. The average molecular weight is 429 g/mol. The van der Waals surface area contributed by atoms with Crippen molar-refractivity contribution in [1.29, 1.82) is 0 Å². The summed E-state index contributed by atoms with van der Waals surface area (Å²) in [6, 6.07) is 11.1. The molecule has 0 N–H and O–H groups in total. The first-order valence-electron chi connectivity index (χ1n) is 7.36. The number of fused-ring (bicyclic) bond motifs is 1. The SMILES string of the molecule is COc1ccc(Cn2nc(OC(F)(F)F)c3cc(Br)ccc3c2=O)cc1. The van der Waals surface area contributed by atoms with Gasteiger partial charge in [0.15, 0.2) is 0 Å². The molecule has 0 radical (unpaired) electrons. The molecule has 1 aromatic heterocycles. The first kappa shape index (κ1) is 18.2. The number of ether oxygens (including phenoxy) is 2. The molecule has 0 saturated carbocycles. The Kier molecular flexibility index (Phi) is 4.90. The molecule has 3 rings (SSSR count). The van der Waals surface area contributed by atoms with Gasteiger partial charge in [0.05, 0.1) is 24.4 Å². The van der Waals surface area contributed by atoms with E-state index in [2.05, 4.69) is 25.8 Å². The molecule has 3 aromatic rings. The predicted octanol–water partition coefficient (Wildman–Crippen LogP) is 4.11. The summed E-state index contributed by atoms with van der Waals surface area (Å²) in [5, 5.41) is 3.83. The minimum Gasteiger partial charge on any atom is -0.497 e. The molecular weight excluding hydrogens is 417 g/mol. The van der Waals surface area contributed by atoms with Crippen LogP contribution < -0.4 is 15.0 Å². The molecule has 9 heteroatoms. The van der Waals surface area contributed by atoms with Crippen molar-refractivity contribution in [3.05, 3.63) is 62.9 Å². The quantitative estimate of drug-likeness (QED) is 0.627. The third-order valence-corrected chi connectivity index (χ3v) is 4.09. The van der Waals surface area contributed by atoms with Crippen molar-refractivity contribution in [2.24, 2.45) is 0 Å². The van der Waals surface area contributed by atoms with Crippen LogP contribution >= 0.6 is 15.9 Å². The summed E-state index contributed by atoms with van der Waals surface area (Å²) in [5.74, 6) is -0.0552. The zero-order valence-electron chi connectivity index (χ0n) is 13.4. The molecule has 0 bridgehead atoms. The van der Waals surface area contributed by atoms with Crippen LogP contribution in [0.4, 0.5) is 13.2 Å². The maximum Gasteiger partial charge on any atom is 0.574 e. The number of hydrogen-bond donors (Lipinski definition) is 0. The Hall–Kier alpha value is -2.55. The Balaban J connectivity index is 2.11. The Labute approximate surface area is 154 Å². The topological polar surface area (TPSA) is 53.4 Å². The first-order valence-corrected chi connectivity index (χ1v) is 8.15. The summed E-state index contributed by atoms with van der Waals surface area (Å²) in [6.45, 7) is -0.0109. The molecule has 1 heterocycles. The maximum absolute atomic E-state index is 12.7. The van der Waals surface area contributed by atoms with E-state index >= 15 is 0 Å². The van der Waals surface area contributed by atoms with Gasteiger partial charge in [-0.25, -0.2) is 4.68 Å². The maximum atomic E-state index is 12.7. The molecule has 0 amide bonds. The van der Waals surface area contributed by atoms with Crippen LogP contribution in [0.1, 0.15) is 5.56 Å². The highest BCUT2D eigenvalue weighted by molar-refractivity contribution is 9.10. The number of nitrogens with zero attached hydrogens (tertiary/aromatic N) is 2. The number of hydrogen-bond acceptors (Lipinski definition) is 4. The normalized spacial score (nSPS) is 11.6. The molecule has 0 aliphatic heterocycles. The van der Waals surface area contributed by atoms with Gasteiger partial charge in [-0.1, -0.05) is 28.1 Å². The highest BCUT2D eigenvalue weighted by Crippen LogP contribution is 2.29. The second-order valence-electron chi connectivity index (χ2n) is 5.35. The first-order chi connectivity index (χ1) is 12.3. The molecule has 2 aromatic carbocycles. The molecule has 0 aliphatic carbocycles. The van der Waals surface area contributed by atoms with Crippen molar-refractivity contribution in [3.8, 4) is 11.6 Å². The van der Waals surface area contributed by atoms with E-state index in [-0.39, 0.29) is 17.3 Å². The van der Waals surface area contributed by atoms with Crippen molar-refractivity contribution in [2.45, 2.75) is 12.9 Å². The number of alkyl halides is 3. The highest BCUT2D eigenvalue weighted by atomic mass is 79.9. The second-order valence-corrected chi connectivity index (χ2v) is 6.27. The van der Waals surface area contributed by atoms with Gasteiger partial charge in [-0.2, -0.15) is 0 Å². The van der Waals surface area contributed by atoms with E-state index in [1.54, 1.807) is 30.3 Å². The van der Waals surface area contributed by atoms with Gasteiger partial charge in [0.2, 0.25) is 5.88 Å². The van der Waals surface area contributed by atoms with E-state index < -0.39 is 17.8 Å². The number of aromatic nitrogens is 2. The van der Waals surface area contributed by atoms with Gasteiger partial charge in [-0.15, -0.1) is 18.3 Å². The molecule has 26 heavy (non-hydrogen) atoms. The van der Waals surface area contributed by atoms with Gasteiger partial charge < -0.3 is 9.47 Å². The largest absolute Gasteiger partial charge is 0.574 e. The summed E-state index contributed by atoms with van der Waals surface area (Å²) >= 11 is 3.17. The third-order valence-electron chi connectivity index (χ3n) is 3.59. The lowest BCUT2D eigenvalue weighted by Gasteiger charge is -2.13. The zero-order chi connectivity index (χ0) is 18.9. The molecule has 5 nitrogen and oxygen atoms in total. The molecule has 0 atom stereocenters. The van der Waals surface area contributed by atoms with E-state index in [4.69, 9.17) is 4.74 Å². The Morgan fingerprint density at radius 2 is 1.81 bits per heavy atom. The molecule has 0 aliphatic rings. The van der Waals surface area contributed by atoms with Gasteiger partial charge in [0.1, 0.15) is 5.75 Å². The fourth-order valence-electron chi connectivity index (χ4n) is 2.42. The lowest BCUT2D eigenvalue weighted by molar-refractivity contribution is -0.275. The Morgan fingerprint density at radius 1 is 1.12 bits per heavy atom. The van der Waals surface area contributed by atoms with Gasteiger partial charge in [0, 0.05) is 4.47 Å².